The number of ether oxygens (including phenoxy) is 1. The second-order valence-electron chi connectivity index (χ2n) is 3.92. The van der Waals surface area contributed by atoms with E-state index in [4.69, 9.17) is 4.74 Å². The number of esters is 1. The average molecular weight is 234 g/mol. The molecule has 1 heterocycles. The van der Waals surface area contributed by atoms with E-state index in [0.29, 0.717) is 6.54 Å². The van der Waals surface area contributed by atoms with Gasteiger partial charge in [-0.3, -0.25) is 20.0 Å². The standard InChI is InChI=1S/C12H14N2O3/c1-9(15)17-8-10-7-14(13-12(10)16)11-5-3-2-4-6-11/h2-6,10H,7-8H2,1H3,(H,13,16). The molecule has 0 spiro atoms. The van der Waals surface area contributed by atoms with Crippen molar-refractivity contribution in [1.29, 1.82) is 0 Å². The summed E-state index contributed by atoms with van der Waals surface area (Å²) in [5, 5.41) is 1.76. The van der Waals surface area contributed by atoms with Crippen LogP contribution in [0.4, 0.5) is 5.69 Å². The first-order valence-electron chi connectivity index (χ1n) is 5.43. The smallest absolute Gasteiger partial charge is 0.302 e. The number of carbonyl (C=O) groups excluding carboxylic acids is 2. The second-order valence-corrected chi connectivity index (χ2v) is 3.92. The number of benzene rings is 1. The van der Waals surface area contributed by atoms with E-state index in [1.165, 1.54) is 6.92 Å². The highest BCUT2D eigenvalue weighted by Crippen LogP contribution is 2.18. The molecular formula is C12H14N2O3. The van der Waals surface area contributed by atoms with E-state index in [1.54, 1.807) is 5.01 Å². The van der Waals surface area contributed by atoms with E-state index in [0.717, 1.165) is 5.69 Å². The Hall–Kier alpha value is -2.04. The molecule has 0 saturated carbocycles. The van der Waals surface area contributed by atoms with Gasteiger partial charge in [0, 0.05) is 6.92 Å². The molecule has 1 saturated heterocycles. The molecule has 1 atom stereocenters. The molecule has 2 rings (SSSR count). The summed E-state index contributed by atoms with van der Waals surface area (Å²) in [5.41, 5.74) is 3.67. The lowest BCUT2D eigenvalue weighted by Crippen LogP contribution is -2.32. The Balaban J connectivity index is 1.97. The summed E-state index contributed by atoms with van der Waals surface area (Å²) in [4.78, 5) is 22.3. The molecule has 90 valence electrons. The first kappa shape index (κ1) is 11.4. The maximum absolute atomic E-state index is 11.6. The number of hydrogen-bond donors (Lipinski definition) is 1. The fourth-order valence-corrected chi connectivity index (χ4v) is 1.70. The highest BCUT2D eigenvalue weighted by molar-refractivity contribution is 5.84. The van der Waals surface area contributed by atoms with Crippen LogP contribution in [-0.2, 0) is 14.3 Å². The fourth-order valence-electron chi connectivity index (χ4n) is 1.70. The van der Waals surface area contributed by atoms with Crippen molar-refractivity contribution in [3.63, 3.8) is 0 Å². The molecule has 1 fully saturated rings. The lowest BCUT2D eigenvalue weighted by Gasteiger charge is -2.17. The van der Waals surface area contributed by atoms with Crippen molar-refractivity contribution in [2.24, 2.45) is 5.92 Å². The molecule has 1 unspecified atom stereocenters. The summed E-state index contributed by atoms with van der Waals surface area (Å²) in [6.45, 7) is 1.97. The van der Waals surface area contributed by atoms with E-state index in [-0.39, 0.29) is 24.4 Å². The van der Waals surface area contributed by atoms with Gasteiger partial charge in [0.2, 0.25) is 5.91 Å². The number of nitrogens with zero attached hydrogens (tertiary/aromatic N) is 1. The van der Waals surface area contributed by atoms with Gasteiger partial charge in [0.05, 0.1) is 18.2 Å². The van der Waals surface area contributed by atoms with Crippen LogP contribution in [0.1, 0.15) is 6.92 Å². The third-order valence-electron chi connectivity index (χ3n) is 2.57. The minimum atomic E-state index is -0.365. The summed E-state index contributed by atoms with van der Waals surface area (Å²) in [6.07, 6.45) is 0. The van der Waals surface area contributed by atoms with Crippen molar-refractivity contribution in [2.45, 2.75) is 6.92 Å². The number of rotatable bonds is 3. The van der Waals surface area contributed by atoms with Crippen LogP contribution in [0.15, 0.2) is 30.3 Å². The zero-order valence-electron chi connectivity index (χ0n) is 9.55. The molecule has 0 bridgehead atoms. The van der Waals surface area contributed by atoms with Gasteiger partial charge in [0.15, 0.2) is 0 Å². The third kappa shape index (κ3) is 2.75. The van der Waals surface area contributed by atoms with Crippen molar-refractivity contribution in [3.8, 4) is 0 Å². The molecular weight excluding hydrogens is 220 g/mol. The van der Waals surface area contributed by atoms with Crippen molar-refractivity contribution in [2.75, 3.05) is 18.2 Å². The third-order valence-corrected chi connectivity index (χ3v) is 2.57. The van der Waals surface area contributed by atoms with Gasteiger partial charge in [0.25, 0.3) is 0 Å². The maximum atomic E-state index is 11.6. The SMILES string of the molecule is CC(=O)OCC1CN(c2ccccc2)NC1=O. The molecule has 1 aliphatic rings. The normalized spacial score (nSPS) is 19.0. The zero-order valence-corrected chi connectivity index (χ0v) is 9.55. The first-order chi connectivity index (χ1) is 8.16. The lowest BCUT2D eigenvalue weighted by atomic mass is 10.1. The minimum Gasteiger partial charge on any atom is -0.465 e. The molecule has 5 nitrogen and oxygen atoms in total. The number of para-hydroxylation sites is 1. The van der Waals surface area contributed by atoms with Gasteiger partial charge in [-0.15, -0.1) is 0 Å². The number of carbonyl (C=O) groups is 2. The van der Waals surface area contributed by atoms with Crippen LogP contribution >= 0.6 is 0 Å². The number of anilines is 1. The molecule has 1 aromatic rings. The van der Waals surface area contributed by atoms with E-state index >= 15 is 0 Å². The Morgan fingerprint density at radius 3 is 2.82 bits per heavy atom. The van der Waals surface area contributed by atoms with Crippen LogP contribution in [0.25, 0.3) is 0 Å². The molecule has 1 N–H and O–H groups in total. The molecule has 17 heavy (non-hydrogen) atoms. The molecule has 1 aromatic carbocycles. The van der Waals surface area contributed by atoms with E-state index < -0.39 is 0 Å². The Kier molecular flexibility index (Phi) is 3.27. The van der Waals surface area contributed by atoms with Crippen LogP contribution < -0.4 is 10.4 Å². The van der Waals surface area contributed by atoms with Crippen LogP contribution in [-0.4, -0.2) is 25.0 Å². The topological polar surface area (TPSA) is 58.6 Å². The number of nitrogens with one attached hydrogen (secondary N) is 1. The van der Waals surface area contributed by atoms with Crippen LogP contribution in [0.3, 0.4) is 0 Å². The molecule has 0 aliphatic carbocycles. The molecule has 1 aliphatic heterocycles. The van der Waals surface area contributed by atoms with Gasteiger partial charge in [-0.25, -0.2) is 0 Å². The number of hydrogen-bond acceptors (Lipinski definition) is 4. The lowest BCUT2D eigenvalue weighted by molar-refractivity contribution is -0.143. The summed E-state index contributed by atoms with van der Waals surface area (Å²) in [6, 6.07) is 9.54. The second kappa shape index (κ2) is 4.86. The van der Waals surface area contributed by atoms with Crippen molar-refractivity contribution < 1.29 is 14.3 Å². The van der Waals surface area contributed by atoms with Gasteiger partial charge in [0.1, 0.15) is 6.61 Å². The molecule has 0 aromatic heterocycles. The molecule has 1 amide bonds. The van der Waals surface area contributed by atoms with Crippen LogP contribution in [0.2, 0.25) is 0 Å². The van der Waals surface area contributed by atoms with Gasteiger partial charge in [-0.05, 0) is 12.1 Å². The quantitative estimate of drug-likeness (QED) is 0.783. The highest BCUT2D eigenvalue weighted by atomic mass is 16.5. The fraction of sp³-hybridized carbons (Fsp3) is 0.333. The molecule has 0 radical (unpaired) electrons. The average Bonchev–Trinajstić information content (AvgIpc) is 2.69. The number of amides is 1. The summed E-state index contributed by atoms with van der Waals surface area (Å²) in [5.74, 6) is -0.787. The van der Waals surface area contributed by atoms with E-state index in [1.807, 2.05) is 30.3 Å². The van der Waals surface area contributed by atoms with E-state index in [2.05, 4.69) is 5.43 Å². The maximum Gasteiger partial charge on any atom is 0.302 e. The summed E-state index contributed by atoms with van der Waals surface area (Å²) >= 11 is 0. The van der Waals surface area contributed by atoms with Gasteiger partial charge >= 0.3 is 5.97 Å². The monoisotopic (exact) mass is 234 g/mol. The van der Waals surface area contributed by atoms with Crippen molar-refractivity contribution >= 4 is 17.6 Å². The summed E-state index contributed by atoms with van der Waals surface area (Å²) in [7, 11) is 0. The largest absolute Gasteiger partial charge is 0.465 e. The Labute approximate surface area is 99.3 Å². The molecule has 5 heteroatoms. The van der Waals surface area contributed by atoms with Gasteiger partial charge in [-0.2, -0.15) is 0 Å². The van der Waals surface area contributed by atoms with Gasteiger partial charge < -0.3 is 4.74 Å². The van der Waals surface area contributed by atoms with E-state index in [9.17, 15) is 9.59 Å². The van der Waals surface area contributed by atoms with Gasteiger partial charge in [-0.1, -0.05) is 18.2 Å². The Morgan fingerprint density at radius 1 is 1.47 bits per heavy atom. The predicted molar refractivity (Wildman–Crippen MR) is 62.1 cm³/mol. The Bertz CT molecular complexity index is 419. The van der Waals surface area contributed by atoms with Crippen LogP contribution in [0.5, 0.6) is 0 Å². The predicted octanol–water partition coefficient (Wildman–Crippen LogP) is 0.717. The first-order valence-corrected chi connectivity index (χ1v) is 5.43. The summed E-state index contributed by atoms with van der Waals surface area (Å²) < 4.78 is 4.85. The van der Waals surface area contributed by atoms with Crippen LogP contribution in [0, 0.1) is 5.92 Å². The van der Waals surface area contributed by atoms with Crippen molar-refractivity contribution in [1.82, 2.24) is 5.43 Å². The highest BCUT2D eigenvalue weighted by Gasteiger charge is 2.31. The number of hydrazine groups is 1. The zero-order chi connectivity index (χ0) is 12.3. The Morgan fingerprint density at radius 2 is 2.18 bits per heavy atom. The minimum absolute atomic E-state index is 0.116. The van der Waals surface area contributed by atoms with Crippen molar-refractivity contribution in [3.05, 3.63) is 30.3 Å².